The predicted molar refractivity (Wildman–Crippen MR) is 94.3 cm³/mol. The molecule has 0 fully saturated rings. The van der Waals surface area contributed by atoms with Gasteiger partial charge in [-0.05, 0) is 17.9 Å². The summed E-state index contributed by atoms with van der Waals surface area (Å²) >= 11 is 0. The number of methoxy groups -OCH3 is 2. The van der Waals surface area contributed by atoms with Gasteiger partial charge in [-0.15, -0.1) is 0 Å². The Morgan fingerprint density at radius 2 is 1.48 bits per heavy atom. The van der Waals surface area contributed by atoms with Crippen LogP contribution in [0.4, 0.5) is 0 Å². The van der Waals surface area contributed by atoms with E-state index in [-0.39, 0.29) is 5.92 Å². The van der Waals surface area contributed by atoms with Gasteiger partial charge in [-0.25, -0.2) is 0 Å². The molecule has 128 valence electrons. The minimum Gasteiger partial charge on any atom is -0.468 e. The average Bonchev–Trinajstić information content (AvgIpc) is 2.55. The number of esters is 2. The molecule has 1 rings (SSSR count). The van der Waals surface area contributed by atoms with Gasteiger partial charge in [-0.1, -0.05) is 62.5 Å². The lowest BCUT2D eigenvalue weighted by Gasteiger charge is -2.33. The van der Waals surface area contributed by atoms with Gasteiger partial charge < -0.3 is 9.47 Å². The van der Waals surface area contributed by atoms with E-state index in [0.717, 1.165) is 6.42 Å². The van der Waals surface area contributed by atoms with Crippen LogP contribution in [0.25, 0.3) is 0 Å². The first-order valence-corrected chi connectivity index (χ1v) is 11.0. The van der Waals surface area contributed by atoms with Crippen molar-refractivity contribution in [2.45, 2.75) is 38.9 Å². The standard InChI is InChI=1S/C18H28O4Si/c1-13(16(17(19)21-3)18(20)22-4)12-14(2)23(5,6)15-10-8-7-9-11-15/h7-11,13-14,16H,12H2,1-6H3/t13-,14+/m1/s1. The Hall–Kier alpha value is -1.62. The zero-order valence-electron chi connectivity index (χ0n) is 15.0. The summed E-state index contributed by atoms with van der Waals surface area (Å²) in [5, 5.41) is 1.38. The van der Waals surface area contributed by atoms with Crippen LogP contribution in [0, 0.1) is 11.8 Å². The molecule has 0 unspecified atom stereocenters. The number of hydrogen-bond donors (Lipinski definition) is 0. The Morgan fingerprint density at radius 1 is 1.00 bits per heavy atom. The predicted octanol–water partition coefficient (Wildman–Crippen LogP) is 2.98. The van der Waals surface area contributed by atoms with E-state index in [1.165, 1.54) is 19.4 Å². The molecule has 0 aliphatic heterocycles. The van der Waals surface area contributed by atoms with Crippen molar-refractivity contribution < 1.29 is 19.1 Å². The van der Waals surface area contributed by atoms with Crippen LogP contribution in [0.3, 0.4) is 0 Å². The van der Waals surface area contributed by atoms with E-state index in [4.69, 9.17) is 9.47 Å². The van der Waals surface area contributed by atoms with Crippen molar-refractivity contribution in [1.82, 2.24) is 0 Å². The largest absolute Gasteiger partial charge is 0.468 e. The topological polar surface area (TPSA) is 52.6 Å². The van der Waals surface area contributed by atoms with E-state index >= 15 is 0 Å². The number of benzene rings is 1. The van der Waals surface area contributed by atoms with Crippen molar-refractivity contribution in [1.29, 1.82) is 0 Å². The second kappa shape index (κ2) is 8.29. The lowest BCUT2D eigenvalue weighted by atomic mass is 9.90. The van der Waals surface area contributed by atoms with Gasteiger partial charge in [0, 0.05) is 0 Å². The molecule has 1 aromatic carbocycles. The summed E-state index contributed by atoms with van der Waals surface area (Å²) in [6.07, 6.45) is 0.781. The molecular formula is C18H28O4Si. The van der Waals surface area contributed by atoms with Gasteiger partial charge in [0.2, 0.25) is 0 Å². The fraction of sp³-hybridized carbons (Fsp3) is 0.556. The van der Waals surface area contributed by atoms with E-state index in [1.807, 2.05) is 13.0 Å². The Labute approximate surface area is 140 Å². The highest BCUT2D eigenvalue weighted by atomic mass is 28.3. The summed E-state index contributed by atoms with van der Waals surface area (Å²) in [6.45, 7) is 8.78. The fourth-order valence-corrected chi connectivity index (χ4v) is 5.54. The second-order valence-corrected chi connectivity index (χ2v) is 11.7. The quantitative estimate of drug-likeness (QED) is 0.436. The van der Waals surface area contributed by atoms with Gasteiger partial charge in [0.15, 0.2) is 5.92 Å². The molecule has 2 atom stereocenters. The zero-order chi connectivity index (χ0) is 17.6. The van der Waals surface area contributed by atoms with Crippen molar-refractivity contribution >= 4 is 25.2 Å². The monoisotopic (exact) mass is 336 g/mol. The molecule has 4 nitrogen and oxygen atoms in total. The number of carbonyl (C=O) groups excluding carboxylic acids is 2. The molecule has 0 bridgehead atoms. The molecule has 1 aromatic rings. The third-order valence-corrected chi connectivity index (χ3v) is 9.48. The number of hydrogen-bond acceptors (Lipinski definition) is 4. The number of carbonyl (C=O) groups is 2. The summed E-state index contributed by atoms with van der Waals surface area (Å²) in [5.41, 5.74) is 0.414. The normalized spacial score (nSPS) is 14.2. The van der Waals surface area contributed by atoms with Gasteiger partial charge in [0.05, 0.1) is 22.3 Å². The van der Waals surface area contributed by atoms with Gasteiger partial charge in [0.1, 0.15) is 0 Å². The molecule has 0 N–H and O–H groups in total. The van der Waals surface area contributed by atoms with Crippen LogP contribution in [0.1, 0.15) is 20.3 Å². The minimum atomic E-state index is -1.69. The molecule has 0 radical (unpaired) electrons. The SMILES string of the molecule is COC(=O)C(C(=O)OC)[C@H](C)C[C@H](C)[Si](C)(C)c1ccccc1. The average molecular weight is 337 g/mol. The summed E-state index contributed by atoms with van der Waals surface area (Å²) in [7, 11) is 0.920. The Balaban J connectivity index is 2.91. The van der Waals surface area contributed by atoms with Crippen LogP contribution in [0.5, 0.6) is 0 Å². The third-order valence-electron chi connectivity index (χ3n) is 4.95. The van der Waals surface area contributed by atoms with E-state index in [2.05, 4.69) is 44.3 Å². The molecule has 0 spiro atoms. The van der Waals surface area contributed by atoms with Crippen molar-refractivity contribution in [3.05, 3.63) is 30.3 Å². The van der Waals surface area contributed by atoms with Gasteiger partial charge >= 0.3 is 11.9 Å². The molecule has 0 amide bonds. The highest BCUT2D eigenvalue weighted by Gasteiger charge is 2.38. The third kappa shape index (κ3) is 4.67. The van der Waals surface area contributed by atoms with Gasteiger partial charge in [0.25, 0.3) is 0 Å². The highest BCUT2D eigenvalue weighted by Crippen LogP contribution is 2.32. The number of ether oxygens (including phenoxy) is 2. The van der Waals surface area contributed by atoms with E-state index < -0.39 is 25.9 Å². The van der Waals surface area contributed by atoms with Crippen LogP contribution in [0.2, 0.25) is 18.6 Å². The summed E-state index contributed by atoms with van der Waals surface area (Å²) < 4.78 is 9.56. The highest BCUT2D eigenvalue weighted by molar-refractivity contribution is 6.90. The Kier molecular flexibility index (Phi) is 7.00. The lowest BCUT2D eigenvalue weighted by Crippen LogP contribution is -2.46. The first-order valence-electron chi connectivity index (χ1n) is 7.96. The molecular weight excluding hydrogens is 308 g/mol. The maximum atomic E-state index is 11.9. The minimum absolute atomic E-state index is 0.125. The summed E-state index contributed by atoms with van der Waals surface area (Å²) in [4.78, 5) is 23.9. The molecule has 23 heavy (non-hydrogen) atoms. The van der Waals surface area contributed by atoms with Gasteiger partial charge in [-0.2, -0.15) is 0 Å². The Morgan fingerprint density at radius 3 is 1.91 bits per heavy atom. The number of rotatable bonds is 7. The van der Waals surface area contributed by atoms with Gasteiger partial charge in [-0.3, -0.25) is 9.59 Å². The van der Waals surface area contributed by atoms with Crippen LogP contribution < -0.4 is 5.19 Å². The first kappa shape index (κ1) is 19.4. The van der Waals surface area contributed by atoms with E-state index in [0.29, 0.717) is 5.54 Å². The van der Waals surface area contributed by atoms with Crippen LogP contribution in [-0.2, 0) is 19.1 Å². The van der Waals surface area contributed by atoms with Crippen LogP contribution in [-0.4, -0.2) is 34.2 Å². The molecule has 0 aromatic heterocycles. The van der Waals surface area contributed by atoms with E-state index in [9.17, 15) is 9.59 Å². The first-order chi connectivity index (χ1) is 10.8. The van der Waals surface area contributed by atoms with Crippen LogP contribution in [0.15, 0.2) is 30.3 Å². The molecule has 0 aliphatic carbocycles. The molecule has 0 saturated carbocycles. The van der Waals surface area contributed by atoms with Crippen molar-refractivity contribution in [2.75, 3.05) is 14.2 Å². The lowest BCUT2D eigenvalue weighted by molar-refractivity contribution is -0.161. The van der Waals surface area contributed by atoms with Crippen molar-refractivity contribution in [3.8, 4) is 0 Å². The molecule has 0 aliphatic rings. The molecule has 0 heterocycles. The summed E-state index contributed by atoms with van der Waals surface area (Å²) in [6, 6.07) is 10.5. The molecule has 5 heteroatoms. The zero-order valence-corrected chi connectivity index (χ0v) is 16.0. The maximum Gasteiger partial charge on any atom is 0.320 e. The van der Waals surface area contributed by atoms with Crippen molar-refractivity contribution in [3.63, 3.8) is 0 Å². The van der Waals surface area contributed by atoms with E-state index in [1.54, 1.807) is 0 Å². The summed E-state index contributed by atoms with van der Waals surface area (Å²) in [5.74, 6) is -2.01. The smallest absolute Gasteiger partial charge is 0.320 e. The fourth-order valence-electron chi connectivity index (χ4n) is 2.96. The van der Waals surface area contributed by atoms with Crippen LogP contribution >= 0.6 is 0 Å². The Bertz CT molecular complexity index is 511. The molecule has 0 saturated heterocycles. The second-order valence-electron chi connectivity index (χ2n) is 6.73. The van der Waals surface area contributed by atoms with Crippen molar-refractivity contribution in [2.24, 2.45) is 11.8 Å². The maximum absolute atomic E-state index is 11.9.